The Kier molecular flexibility index (Phi) is 10.3. The first-order valence-corrected chi connectivity index (χ1v) is 14.2. The van der Waals surface area contributed by atoms with Gasteiger partial charge in [-0.15, -0.1) is 0 Å². The normalized spacial score (nSPS) is 14.7. The zero-order chi connectivity index (χ0) is 32.1. The van der Waals surface area contributed by atoms with Crippen LogP contribution < -0.4 is 10.6 Å². The fourth-order valence-corrected chi connectivity index (χ4v) is 5.78. The summed E-state index contributed by atoms with van der Waals surface area (Å²) in [6.07, 6.45) is -6.63. The molecule has 0 saturated carbocycles. The van der Waals surface area contributed by atoms with Gasteiger partial charge in [-0.25, -0.2) is 0 Å². The van der Waals surface area contributed by atoms with Crippen molar-refractivity contribution in [3.63, 3.8) is 0 Å². The summed E-state index contributed by atoms with van der Waals surface area (Å²) in [7, 11) is 2.97. The van der Waals surface area contributed by atoms with Crippen LogP contribution in [-0.4, -0.2) is 59.3 Å². The molecule has 0 bridgehead atoms. The smallest absolute Gasteiger partial charge is 0.382 e. The molecule has 2 heterocycles. The molecule has 0 radical (unpaired) electrons. The predicted octanol–water partition coefficient (Wildman–Crippen LogP) is 6.31. The van der Waals surface area contributed by atoms with Crippen LogP contribution >= 0.6 is 11.8 Å². The molecule has 1 saturated heterocycles. The second kappa shape index (κ2) is 13.8. The highest BCUT2D eigenvalue weighted by molar-refractivity contribution is 7.99. The van der Waals surface area contributed by atoms with E-state index in [1.807, 2.05) is 0 Å². The molecule has 1 aliphatic rings. The summed E-state index contributed by atoms with van der Waals surface area (Å²) in [5.74, 6) is -0.708. The molecule has 0 atom stereocenters. The molecule has 44 heavy (non-hydrogen) atoms. The van der Waals surface area contributed by atoms with E-state index in [4.69, 9.17) is 4.74 Å². The summed E-state index contributed by atoms with van der Waals surface area (Å²) in [4.78, 5) is 25.6. The summed E-state index contributed by atoms with van der Waals surface area (Å²) in [5.41, 5.74) is -3.94. The van der Waals surface area contributed by atoms with Crippen LogP contribution in [0.3, 0.4) is 0 Å². The third-order valence-electron chi connectivity index (χ3n) is 6.80. The number of nitrogens with one attached hydrogen (secondary N) is 2. The first-order chi connectivity index (χ1) is 20.8. The fraction of sp³-hybridized carbons (Fsp3) is 0.345. The lowest BCUT2D eigenvalue weighted by atomic mass is 9.99. The number of amides is 2. The maximum absolute atomic E-state index is 14.3. The Morgan fingerprint density at radius 1 is 1.05 bits per heavy atom. The Morgan fingerprint density at radius 2 is 1.75 bits per heavy atom. The van der Waals surface area contributed by atoms with E-state index in [0.29, 0.717) is 54.4 Å². The molecular formula is C29H29F6N5O3S. The van der Waals surface area contributed by atoms with Crippen molar-refractivity contribution < 1.29 is 40.7 Å². The van der Waals surface area contributed by atoms with Gasteiger partial charge in [-0.3, -0.25) is 14.3 Å². The van der Waals surface area contributed by atoms with E-state index in [0.717, 1.165) is 18.2 Å². The van der Waals surface area contributed by atoms with Crippen molar-refractivity contribution >= 4 is 41.2 Å². The molecular weight excluding hydrogens is 612 g/mol. The standard InChI is InChI=1S/C29H29F6N5O3S/c1-39-23(10-13-36-39)38-24(41)9-7-18-6-8-22(27(29(33,34)35)26(18)28(30,31)32)44-21-5-3-4-20(16-21)37-19-11-14-40(15-12-19)25(42)17-43-2/h3-10,13,16,19,37H,11-12,14-15,17H2,1-2H3,(H,38,41). The number of hydrogen-bond donors (Lipinski definition) is 2. The van der Waals surface area contributed by atoms with Gasteiger partial charge in [-0.1, -0.05) is 23.9 Å². The number of methoxy groups -OCH3 is 1. The summed E-state index contributed by atoms with van der Waals surface area (Å²) < 4.78 is 91.6. The van der Waals surface area contributed by atoms with Gasteiger partial charge in [-0.2, -0.15) is 31.4 Å². The minimum absolute atomic E-state index is 0.00792. The van der Waals surface area contributed by atoms with Gasteiger partial charge in [0.1, 0.15) is 12.4 Å². The number of ether oxygens (including phenoxy) is 1. The Morgan fingerprint density at radius 3 is 2.36 bits per heavy atom. The van der Waals surface area contributed by atoms with Crippen LogP contribution in [0.1, 0.15) is 29.5 Å². The molecule has 0 unspecified atom stereocenters. The molecule has 2 aromatic carbocycles. The van der Waals surface area contributed by atoms with Crippen LogP contribution in [0.4, 0.5) is 37.8 Å². The van der Waals surface area contributed by atoms with Crippen LogP contribution in [0.25, 0.3) is 6.08 Å². The average Bonchev–Trinajstić information content (AvgIpc) is 3.35. The topological polar surface area (TPSA) is 88.5 Å². The van der Waals surface area contributed by atoms with Gasteiger partial charge >= 0.3 is 12.4 Å². The Hall–Kier alpha value is -3.98. The Balaban J connectivity index is 1.56. The SMILES string of the molecule is COCC(=O)N1CCC(Nc2cccc(Sc3ccc(C=CC(=O)Nc4ccnn4C)c(C(F)(F)F)c3C(F)(F)F)c2)CC1. The number of benzene rings is 2. The zero-order valence-corrected chi connectivity index (χ0v) is 24.4. The van der Waals surface area contributed by atoms with E-state index in [1.54, 1.807) is 23.1 Å². The number of carbonyl (C=O) groups is 2. The highest BCUT2D eigenvalue weighted by Gasteiger charge is 2.46. The van der Waals surface area contributed by atoms with E-state index < -0.39 is 39.8 Å². The maximum atomic E-state index is 14.3. The van der Waals surface area contributed by atoms with Gasteiger partial charge in [0.25, 0.3) is 0 Å². The number of piperidine rings is 1. The van der Waals surface area contributed by atoms with Gasteiger partial charge in [0, 0.05) is 60.9 Å². The van der Waals surface area contributed by atoms with Crippen molar-refractivity contribution in [2.75, 3.05) is 37.4 Å². The Labute approximate surface area is 253 Å². The van der Waals surface area contributed by atoms with Gasteiger partial charge < -0.3 is 20.3 Å². The summed E-state index contributed by atoms with van der Waals surface area (Å²) in [5, 5.41) is 9.54. The van der Waals surface area contributed by atoms with Crippen LogP contribution in [-0.2, 0) is 33.7 Å². The van der Waals surface area contributed by atoms with Crippen molar-refractivity contribution in [1.29, 1.82) is 0 Å². The number of alkyl halides is 6. The van der Waals surface area contributed by atoms with E-state index in [9.17, 15) is 35.9 Å². The quantitative estimate of drug-likeness (QED) is 0.210. The molecule has 1 fully saturated rings. The van der Waals surface area contributed by atoms with Gasteiger partial charge in [-0.05, 0) is 48.7 Å². The molecule has 0 aliphatic carbocycles. The van der Waals surface area contributed by atoms with E-state index in [-0.39, 0.29) is 24.4 Å². The number of halogens is 6. The van der Waals surface area contributed by atoms with Crippen molar-refractivity contribution in [3.8, 4) is 0 Å². The molecule has 15 heteroatoms. The largest absolute Gasteiger partial charge is 0.418 e. The highest BCUT2D eigenvalue weighted by atomic mass is 32.2. The number of likely N-dealkylation sites (tertiary alicyclic amines) is 1. The lowest BCUT2D eigenvalue weighted by Crippen LogP contribution is -2.43. The summed E-state index contributed by atoms with van der Waals surface area (Å²) >= 11 is 0.555. The number of nitrogens with zero attached hydrogens (tertiary/aromatic N) is 3. The number of anilines is 2. The van der Waals surface area contributed by atoms with Gasteiger partial charge in [0.15, 0.2) is 0 Å². The first kappa shape index (κ1) is 32.9. The number of carbonyl (C=O) groups excluding carboxylic acids is 2. The highest BCUT2D eigenvalue weighted by Crippen LogP contribution is 2.48. The number of hydrogen-bond acceptors (Lipinski definition) is 6. The van der Waals surface area contributed by atoms with Crippen LogP contribution in [0.5, 0.6) is 0 Å². The van der Waals surface area contributed by atoms with E-state index >= 15 is 0 Å². The number of rotatable bonds is 9. The number of aromatic nitrogens is 2. The summed E-state index contributed by atoms with van der Waals surface area (Å²) in [6, 6.07) is 9.69. The molecule has 0 spiro atoms. The van der Waals surface area contributed by atoms with Crippen molar-refractivity contribution in [3.05, 3.63) is 71.4 Å². The van der Waals surface area contributed by atoms with E-state index in [1.165, 1.54) is 37.2 Å². The van der Waals surface area contributed by atoms with Crippen LogP contribution in [0.15, 0.2) is 64.5 Å². The molecule has 2 N–H and O–H groups in total. The van der Waals surface area contributed by atoms with E-state index in [2.05, 4.69) is 15.7 Å². The van der Waals surface area contributed by atoms with Gasteiger partial charge in [0.05, 0.1) is 17.3 Å². The van der Waals surface area contributed by atoms with Gasteiger partial charge in [0.2, 0.25) is 11.8 Å². The first-order valence-electron chi connectivity index (χ1n) is 13.4. The molecule has 1 aliphatic heterocycles. The third kappa shape index (κ3) is 8.34. The zero-order valence-electron chi connectivity index (χ0n) is 23.6. The van der Waals surface area contributed by atoms with Crippen molar-refractivity contribution in [2.24, 2.45) is 7.05 Å². The maximum Gasteiger partial charge on any atom is 0.418 e. The second-order valence-electron chi connectivity index (χ2n) is 9.92. The number of aryl methyl sites for hydroxylation is 1. The minimum Gasteiger partial charge on any atom is -0.382 e. The lowest BCUT2D eigenvalue weighted by Gasteiger charge is -2.32. The molecule has 4 rings (SSSR count). The van der Waals surface area contributed by atoms with Crippen LogP contribution in [0.2, 0.25) is 0 Å². The van der Waals surface area contributed by atoms with Crippen LogP contribution in [0, 0.1) is 0 Å². The average molecular weight is 642 g/mol. The Bertz CT molecular complexity index is 1510. The van der Waals surface area contributed by atoms with Crippen molar-refractivity contribution in [2.45, 2.75) is 41.0 Å². The summed E-state index contributed by atoms with van der Waals surface area (Å²) in [6.45, 7) is 1.01. The minimum atomic E-state index is -5.37. The monoisotopic (exact) mass is 641 g/mol. The third-order valence-corrected chi connectivity index (χ3v) is 7.85. The lowest BCUT2D eigenvalue weighted by molar-refractivity contribution is -0.163. The molecule has 8 nitrogen and oxygen atoms in total. The molecule has 2 amide bonds. The predicted molar refractivity (Wildman–Crippen MR) is 153 cm³/mol. The molecule has 1 aromatic heterocycles. The fourth-order valence-electron chi connectivity index (χ4n) is 4.74. The molecule has 236 valence electrons. The molecule has 3 aromatic rings. The second-order valence-corrected chi connectivity index (χ2v) is 11.0. The van der Waals surface area contributed by atoms with Crippen molar-refractivity contribution in [1.82, 2.24) is 14.7 Å².